The van der Waals surface area contributed by atoms with Gasteiger partial charge in [0.15, 0.2) is 0 Å². The van der Waals surface area contributed by atoms with Gasteiger partial charge in [0.05, 0.1) is 16.1 Å². The monoisotopic (exact) mass is 434 g/mol. The average molecular weight is 435 g/mol. The van der Waals surface area contributed by atoms with Gasteiger partial charge in [-0.1, -0.05) is 29.3 Å². The van der Waals surface area contributed by atoms with Gasteiger partial charge in [0.1, 0.15) is 6.54 Å². The smallest absolute Gasteiger partial charge is 0.318 e. The molecule has 1 aliphatic heterocycles. The fraction of sp³-hybridized carbons (Fsp3) is 0.429. The number of aromatic nitrogens is 1. The number of benzene rings is 1. The second kappa shape index (κ2) is 8.28. The Morgan fingerprint density at radius 1 is 1.17 bits per heavy atom. The van der Waals surface area contributed by atoms with Crippen LogP contribution in [0.4, 0.5) is 4.79 Å². The van der Waals surface area contributed by atoms with Crippen LogP contribution in [0.1, 0.15) is 37.1 Å². The minimum Gasteiger partial charge on any atom is -0.348 e. The molecule has 1 unspecified atom stereocenters. The molecule has 1 aromatic heterocycles. The molecule has 1 aliphatic carbocycles. The van der Waals surface area contributed by atoms with Crippen molar-refractivity contribution in [3.8, 4) is 0 Å². The highest BCUT2D eigenvalue weighted by Gasteiger charge is 2.38. The quantitative estimate of drug-likeness (QED) is 0.774. The number of hydrogen-bond acceptors (Lipinski definition) is 2. The van der Waals surface area contributed by atoms with E-state index >= 15 is 0 Å². The van der Waals surface area contributed by atoms with Crippen LogP contribution >= 0.6 is 23.2 Å². The first-order valence-corrected chi connectivity index (χ1v) is 10.7. The second-order valence-corrected chi connectivity index (χ2v) is 8.30. The Morgan fingerprint density at radius 2 is 1.97 bits per heavy atom. The van der Waals surface area contributed by atoms with E-state index < -0.39 is 0 Å². The highest BCUT2D eigenvalue weighted by molar-refractivity contribution is 6.42. The predicted octanol–water partition coefficient (Wildman–Crippen LogP) is 3.92. The molecule has 3 amide bonds. The number of nitrogens with zero attached hydrogens (tertiary/aromatic N) is 3. The van der Waals surface area contributed by atoms with Gasteiger partial charge < -0.3 is 19.7 Å². The number of halogens is 2. The third-order valence-corrected chi connectivity index (χ3v) is 6.24. The molecule has 1 saturated carbocycles. The van der Waals surface area contributed by atoms with E-state index in [1.54, 1.807) is 11.0 Å². The summed E-state index contributed by atoms with van der Waals surface area (Å²) in [6, 6.07) is 9.21. The molecular formula is C21H24Cl2N4O2. The zero-order chi connectivity index (χ0) is 20.5. The number of hydrogen-bond donors (Lipinski definition) is 1. The third-order valence-electron chi connectivity index (χ3n) is 5.50. The molecule has 0 radical (unpaired) electrons. The maximum absolute atomic E-state index is 13.4. The molecule has 6 nitrogen and oxygen atoms in total. The van der Waals surface area contributed by atoms with Gasteiger partial charge in [0, 0.05) is 37.6 Å². The summed E-state index contributed by atoms with van der Waals surface area (Å²) < 4.78 is 2.15. The Bertz CT molecular complexity index is 925. The Kier molecular flexibility index (Phi) is 5.74. The van der Waals surface area contributed by atoms with Crippen LogP contribution in [0, 0.1) is 0 Å². The molecule has 0 saturated heterocycles. The average Bonchev–Trinajstić information content (AvgIpc) is 3.43. The van der Waals surface area contributed by atoms with Crippen molar-refractivity contribution >= 4 is 35.1 Å². The van der Waals surface area contributed by atoms with Crippen molar-refractivity contribution in [2.45, 2.75) is 38.4 Å². The summed E-state index contributed by atoms with van der Waals surface area (Å²) in [6.07, 6.45) is 3.92. The van der Waals surface area contributed by atoms with E-state index in [0.29, 0.717) is 23.1 Å². The predicted molar refractivity (Wildman–Crippen MR) is 113 cm³/mol. The molecule has 1 aromatic carbocycles. The van der Waals surface area contributed by atoms with Crippen LogP contribution in [-0.2, 0) is 11.3 Å². The molecule has 0 bridgehead atoms. The third kappa shape index (κ3) is 4.09. The van der Waals surface area contributed by atoms with Crippen LogP contribution in [-0.4, -0.2) is 52.0 Å². The van der Waals surface area contributed by atoms with E-state index in [-0.39, 0.29) is 30.6 Å². The largest absolute Gasteiger partial charge is 0.348 e. The number of fused-ring (bicyclic) bond motifs is 1. The Hall–Kier alpha value is -2.18. The topological polar surface area (TPSA) is 57.6 Å². The summed E-state index contributed by atoms with van der Waals surface area (Å²) in [4.78, 5) is 29.3. The number of rotatable bonds is 5. The van der Waals surface area contributed by atoms with Crippen LogP contribution in [0.5, 0.6) is 0 Å². The number of amides is 3. The van der Waals surface area contributed by atoms with Crippen LogP contribution < -0.4 is 5.32 Å². The minimum atomic E-state index is -0.267. The van der Waals surface area contributed by atoms with E-state index in [9.17, 15) is 9.59 Å². The SMILES string of the molecule is CCNC(=O)N(CC(=O)N1CCn2cccc2C1c1ccc(Cl)c(Cl)c1)C1CC1. The number of carbonyl (C=O) groups is 2. The molecule has 154 valence electrons. The van der Waals surface area contributed by atoms with Crippen LogP contribution in [0.25, 0.3) is 0 Å². The molecule has 2 aromatic rings. The Balaban J connectivity index is 1.63. The van der Waals surface area contributed by atoms with Gasteiger partial charge in [-0.25, -0.2) is 4.79 Å². The van der Waals surface area contributed by atoms with Gasteiger partial charge in [-0.3, -0.25) is 4.79 Å². The van der Waals surface area contributed by atoms with Gasteiger partial charge in [-0.2, -0.15) is 0 Å². The first-order valence-electron chi connectivity index (χ1n) is 9.93. The summed E-state index contributed by atoms with van der Waals surface area (Å²) in [5.41, 5.74) is 1.93. The summed E-state index contributed by atoms with van der Waals surface area (Å²) in [5, 5.41) is 3.77. The fourth-order valence-corrected chi connectivity index (χ4v) is 4.23. The van der Waals surface area contributed by atoms with Crippen molar-refractivity contribution < 1.29 is 9.59 Å². The molecule has 0 spiro atoms. The summed E-state index contributed by atoms with van der Waals surface area (Å²) in [5.74, 6) is -0.0633. The summed E-state index contributed by atoms with van der Waals surface area (Å²) >= 11 is 12.4. The van der Waals surface area contributed by atoms with Crippen molar-refractivity contribution in [2.75, 3.05) is 19.6 Å². The van der Waals surface area contributed by atoms with E-state index in [2.05, 4.69) is 9.88 Å². The fourth-order valence-electron chi connectivity index (χ4n) is 3.93. The van der Waals surface area contributed by atoms with Crippen molar-refractivity contribution in [2.24, 2.45) is 0 Å². The molecule has 29 heavy (non-hydrogen) atoms. The molecule has 2 aliphatic rings. The first-order chi connectivity index (χ1) is 14.0. The minimum absolute atomic E-state index is 0.0633. The highest BCUT2D eigenvalue weighted by atomic mass is 35.5. The van der Waals surface area contributed by atoms with Crippen molar-refractivity contribution in [3.63, 3.8) is 0 Å². The number of carbonyl (C=O) groups excluding carboxylic acids is 2. The van der Waals surface area contributed by atoms with Crippen molar-refractivity contribution in [1.82, 2.24) is 19.7 Å². The van der Waals surface area contributed by atoms with E-state index in [0.717, 1.165) is 30.6 Å². The summed E-state index contributed by atoms with van der Waals surface area (Å²) in [6.45, 7) is 3.79. The van der Waals surface area contributed by atoms with E-state index in [1.165, 1.54) is 0 Å². The first kappa shape index (κ1) is 20.1. The standard InChI is InChI=1S/C21H24Cl2N4O2/c1-2-24-21(29)27(15-6-7-15)13-19(28)26-11-10-25-9-3-4-18(25)20(26)14-5-8-16(22)17(23)12-14/h3-5,8-9,12,15,20H,2,6-7,10-11,13H2,1H3,(H,24,29). The maximum Gasteiger partial charge on any atom is 0.318 e. The van der Waals surface area contributed by atoms with Gasteiger partial charge in [0.25, 0.3) is 0 Å². The summed E-state index contributed by atoms with van der Waals surface area (Å²) in [7, 11) is 0. The lowest BCUT2D eigenvalue weighted by atomic mass is 9.99. The van der Waals surface area contributed by atoms with Crippen LogP contribution in [0.3, 0.4) is 0 Å². The normalized spacial score (nSPS) is 18.3. The van der Waals surface area contributed by atoms with Gasteiger partial charge in [-0.05, 0) is 49.6 Å². The molecule has 2 heterocycles. The molecule has 8 heteroatoms. The lowest BCUT2D eigenvalue weighted by Crippen LogP contribution is -2.50. The lowest BCUT2D eigenvalue weighted by molar-refractivity contribution is -0.134. The number of urea groups is 1. The highest BCUT2D eigenvalue weighted by Crippen LogP contribution is 2.36. The molecular weight excluding hydrogens is 411 g/mol. The zero-order valence-electron chi connectivity index (χ0n) is 16.3. The molecule has 4 rings (SSSR count). The Labute approximate surface area is 180 Å². The van der Waals surface area contributed by atoms with Gasteiger partial charge in [-0.15, -0.1) is 0 Å². The van der Waals surface area contributed by atoms with Gasteiger partial charge >= 0.3 is 6.03 Å². The van der Waals surface area contributed by atoms with Crippen LogP contribution in [0.2, 0.25) is 10.0 Å². The lowest BCUT2D eigenvalue weighted by Gasteiger charge is -2.38. The molecule has 1 atom stereocenters. The van der Waals surface area contributed by atoms with Crippen LogP contribution in [0.15, 0.2) is 36.5 Å². The molecule has 1 N–H and O–H groups in total. The zero-order valence-corrected chi connectivity index (χ0v) is 17.8. The Morgan fingerprint density at radius 3 is 2.66 bits per heavy atom. The molecule has 1 fully saturated rings. The van der Waals surface area contributed by atoms with Crippen molar-refractivity contribution in [3.05, 3.63) is 57.8 Å². The second-order valence-electron chi connectivity index (χ2n) is 7.48. The maximum atomic E-state index is 13.4. The van der Waals surface area contributed by atoms with E-state index in [1.807, 2.05) is 42.3 Å². The number of nitrogens with one attached hydrogen (secondary N) is 1. The van der Waals surface area contributed by atoms with E-state index in [4.69, 9.17) is 23.2 Å². The van der Waals surface area contributed by atoms with Gasteiger partial charge in [0.2, 0.25) is 5.91 Å². The van der Waals surface area contributed by atoms with Crippen molar-refractivity contribution in [1.29, 1.82) is 0 Å².